The molecule has 1 aromatic carbocycles. The zero-order valence-corrected chi connectivity index (χ0v) is 15.0. The molecule has 0 atom stereocenters. The van der Waals surface area contributed by atoms with Crippen LogP contribution in [0.15, 0.2) is 36.7 Å². The Kier molecular flexibility index (Phi) is 4.41. The molecule has 1 aliphatic heterocycles. The normalized spacial score (nSPS) is 15.4. The fraction of sp³-hybridized carbons (Fsp3) is 0.350. The van der Waals surface area contributed by atoms with Gasteiger partial charge in [0, 0.05) is 42.0 Å². The summed E-state index contributed by atoms with van der Waals surface area (Å²) in [5.41, 5.74) is 4.08. The van der Waals surface area contributed by atoms with Crippen LogP contribution in [-0.4, -0.2) is 33.3 Å². The van der Waals surface area contributed by atoms with Gasteiger partial charge in [0.05, 0.1) is 6.20 Å². The smallest absolute Gasteiger partial charge is 0.135 e. The van der Waals surface area contributed by atoms with E-state index in [0.717, 1.165) is 60.0 Å². The third kappa shape index (κ3) is 3.19. The van der Waals surface area contributed by atoms with E-state index >= 15 is 0 Å². The van der Waals surface area contributed by atoms with Crippen LogP contribution in [0.1, 0.15) is 35.8 Å². The zero-order valence-electron chi connectivity index (χ0n) is 15.0. The topological polar surface area (TPSA) is 57.7 Å². The Bertz CT molecular complexity index is 912. The summed E-state index contributed by atoms with van der Waals surface area (Å²) in [6.45, 7) is 5.84. The number of aromatic amines is 1. The highest BCUT2D eigenvalue weighted by Crippen LogP contribution is 2.35. The summed E-state index contributed by atoms with van der Waals surface area (Å²) in [4.78, 5) is 11.2. The molecule has 0 radical (unpaired) electrons. The summed E-state index contributed by atoms with van der Waals surface area (Å²) in [5.74, 6) is 2.00. The van der Waals surface area contributed by atoms with Crippen LogP contribution in [0.5, 0.6) is 0 Å². The van der Waals surface area contributed by atoms with Crippen molar-refractivity contribution in [2.24, 2.45) is 0 Å². The highest BCUT2D eigenvalue weighted by Gasteiger charge is 2.26. The number of hydrogen-bond donors (Lipinski definition) is 1. The first-order chi connectivity index (χ1) is 12.6. The summed E-state index contributed by atoms with van der Waals surface area (Å²) >= 11 is 0. The van der Waals surface area contributed by atoms with Gasteiger partial charge in [-0.3, -0.25) is 5.10 Å². The Morgan fingerprint density at radius 3 is 2.73 bits per heavy atom. The van der Waals surface area contributed by atoms with E-state index in [-0.39, 0.29) is 5.82 Å². The minimum Gasteiger partial charge on any atom is -0.356 e. The lowest BCUT2D eigenvalue weighted by Gasteiger charge is -2.33. The number of aryl methyl sites for hydroxylation is 2. The lowest BCUT2D eigenvalue weighted by atomic mass is 9.89. The number of benzene rings is 1. The van der Waals surface area contributed by atoms with E-state index in [4.69, 9.17) is 0 Å². The van der Waals surface area contributed by atoms with E-state index in [1.807, 2.05) is 19.2 Å². The van der Waals surface area contributed by atoms with Gasteiger partial charge in [0.15, 0.2) is 0 Å². The van der Waals surface area contributed by atoms with E-state index in [1.165, 1.54) is 6.07 Å². The maximum atomic E-state index is 13.6. The van der Waals surface area contributed by atoms with Crippen molar-refractivity contribution in [3.63, 3.8) is 0 Å². The lowest BCUT2D eigenvalue weighted by Crippen LogP contribution is -2.34. The molecule has 1 aliphatic rings. The number of aromatic nitrogens is 4. The van der Waals surface area contributed by atoms with Crippen LogP contribution in [0.4, 0.5) is 10.2 Å². The zero-order chi connectivity index (χ0) is 18.1. The van der Waals surface area contributed by atoms with E-state index in [1.54, 1.807) is 18.3 Å². The second-order valence-corrected chi connectivity index (χ2v) is 6.89. The lowest BCUT2D eigenvalue weighted by molar-refractivity contribution is 0.493. The first kappa shape index (κ1) is 16.7. The molecule has 0 unspecified atom stereocenters. The van der Waals surface area contributed by atoms with Crippen molar-refractivity contribution in [1.82, 2.24) is 20.2 Å². The van der Waals surface area contributed by atoms with Crippen molar-refractivity contribution in [2.75, 3.05) is 18.0 Å². The van der Waals surface area contributed by atoms with Crippen LogP contribution < -0.4 is 4.90 Å². The quantitative estimate of drug-likeness (QED) is 0.775. The number of nitrogens with zero attached hydrogens (tertiary/aromatic N) is 4. The Hall–Kier alpha value is -2.76. The van der Waals surface area contributed by atoms with Gasteiger partial charge >= 0.3 is 0 Å². The second-order valence-electron chi connectivity index (χ2n) is 6.89. The van der Waals surface area contributed by atoms with Crippen LogP contribution in [0, 0.1) is 19.7 Å². The summed E-state index contributed by atoms with van der Waals surface area (Å²) in [6, 6.07) is 6.70. The molecule has 0 amide bonds. The fourth-order valence-electron chi connectivity index (χ4n) is 3.71. The molecule has 134 valence electrons. The summed E-state index contributed by atoms with van der Waals surface area (Å²) in [6.07, 6.45) is 5.70. The minimum atomic E-state index is -0.223. The SMILES string of the molecule is Cc1ncc(C)c(N2CCC(c3[nH]ncc3-c3cccc(F)c3)CC2)n1. The number of halogens is 1. The maximum Gasteiger partial charge on any atom is 0.135 e. The van der Waals surface area contributed by atoms with E-state index in [0.29, 0.717) is 5.92 Å². The van der Waals surface area contributed by atoms with Crippen molar-refractivity contribution in [3.8, 4) is 11.1 Å². The van der Waals surface area contributed by atoms with Crippen molar-refractivity contribution in [1.29, 1.82) is 0 Å². The molecule has 3 heterocycles. The van der Waals surface area contributed by atoms with Crippen LogP contribution in [0.25, 0.3) is 11.1 Å². The standard InChI is InChI=1S/C20H22FN5/c1-13-11-22-14(2)24-20(13)26-8-6-15(7-9-26)19-18(12-23-25-19)16-4-3-5-17(21)10-16/h3-5,10-12,15H,6-9H2,1-2H3,(H,23,25). The van der Waals surface area contributed by atoms with E-state index < -0.39 is 0 Å². The largest absolute Gasteiger partial charge is 0.356 e. The number of piperidine rings is 1. The third-order valence-corrected chi connectivity index (χ3v) is 5.07. The molecule has 3 aromatic rings. The molecule has 1 saturated heterocycles. The maximum absolute atomic E-state index is 13.6. The van der Waals surface area contributed by atoms with Gasteiger partial charge in [-0.25, -0.2) is 14.4 Å². The van der Waals surface area contributed by atoms with Gasteiger partial charge in [-0.05, 0) is 44.4 Å². The van der Waals surface area contributed by atoms with Crippen molar-refractivity contribution in [2.45, 2.75) is 32.6 Å². The van der Waals surface area contributed by atoms with Gasteiger partial charge in [0.1, 0.15) is 17.5 Å². The monoisotopic (exact) mass is 351 g/mol. The van der Waals surface area contributed by atoms with Crippen LogP contribution in [0.3, 0.4) is 0 Å². The van der Waals surface area contributed by atoms with Gasteiger partial charge in [-0.15, -0.1) is 0 Å². The molecule has 26 heavy (non-hydrogen) atoms. The van der Waals surface area contributed by atoms with E-state index in [9.17, 15) is 4.39 Å². The number of anilines is 1. The molecule has 2 aromatic heterocycles. The molecule has 0 saturated carbocycles. The summed E-state index contributed by atoms with van der Waals surface area (Å²) in [5, 5.41) is 7.38. The molecular formula is C20H22FN5. The van der Waals surface area contributed by atoms with Gasteiger partial charge < -0.3 is 4.90 Å². The highest BCUT2D eigenvalue weighted by atomic mass is 19.1. The fourth-order valence-corrected chi connectivity index (χ4v) is 3.71. The van der Waals surface area contributed by atoms with E-state index in [2.05, 4.69) is 32.0 Å². The van der Waals surface area contributed by atoms with Gasteiger partial charge in [-0.1, -0.05) is 12.1 Å². The van der Waals surface area contributed by atoms with Crippen molar-refractivity contribution in [3.05, 3.63) is 59.6 Å². The highest BCUT2D eigenvalue weighted by molar-refractivity contribution is 5.66. The molecule has 0 aliphatic carbocycles. The summed E-state index contributed by atoms with van der Waals surface area (Å²) < 4.78 is 13.6. The van der Waals surface area contributed by atoms with Gasteiger partial charge in [0.25, 0.3) is 0 Å². The predicted octanol–water partition coefficient (Wildman–Crippen LogP) is 4.01. The Morgan fingerprint density at radius 2 is 1.96 bits per heavy atom. The molecule has 1 fully saturated rings. The first-order valence-electron chi connectivity index (χ1n) is 8.96. The van der Waals surface area contributed by atoms with Crippen LogP contribution >= 0.6 is 0 Å². The Balaban J connectivity index is 1.53. The number of nitrogens with one attached hydrogen (secondary N) is 1. The molecule has 6 heteroatoms. The number of hydrogen-bond acceptors (Lipinski definition) is 4. The Labute approximate surface area is 152 Å². The van der Waals surface area contributed by atoms with Crippen molar-refractivity contribution < 1.29 is 4.39 Å². The average Bonchev–Trinajstić information content (AvgIpc) is 3.14. The third-order valence-electron chi connectivity index (χ3n) is 5.07. The molecular weight excluding hydrogens is 329 g/mol. The van der Waals surface area contributed by atoms with Gasteiger partial charge in [0.2, 0.25) is 0 Å². The molecule has 0 spiro atoms. The Morgan fingerprint density at radius 1 is 1.15 bits per heavy atom. The molecule has 5 nitrogen and oxygen atoms in total. The molecule has 0 bridgehead atoms. The number of H-pyrrole nitrogens is 1. The number of rotatable bonds is 3. The van der Waals surface area contributed by atoms with Crippen LogP contribution in [0.2, 0.25) is 0 Å². The molecule has 1 N–H and O–H groups in total. The second kappa shape index (κ2) is 6.86. The summed E-state index contributed by atoms with van der Waals surface area (Å²) in [7, 11) is 0. The van der Waals surface area contributed by atoms with Gasteiger partial charge in [-0.2, -0.15) is 5.10 Å². The molecule has 4 rings (SSSR count). The first-order valence-corrected chi connectivity index (χ1v) is 8.96. The average molecular weight is 351 g/mol. The minimum absolute atomic E-state index is 0.223. The predicted molar refractivity (Wildman–Crippen MR) is 99.7 cm³/mol. The van der Waals surface area contributed by atoms with Crippen molar-refractivity contribution >= 4 is 5.82 Å². The van der Waals surface area contributed by atoms with Crippen LogP contribution in [-0.2, 0) is 0 Å².